The van der Waals surface area contributed by atoms with Gasteiger partial charge in [-0.2, -0.15) is 13.2 Å². The minimum absolute atomic E-state index is 0.0622. The summed E-state index contributed by atoms with van der Waals surface area (Å²) < 4.78 is 60.1. The Bertz CT molecular complexity index is 1190. The van der Waals surface area contributed by atoms with E-state index in [0.717, 1.165) is 12.1 Å². The molecule has 0 atom stereocenters. The number of halogens is 3. The van der Waals surface area contributed by atoms with Crippen LogP contribution in [0.5, 0.6) is 23.0 Å². The van der Waals surface area contributed by atoms with E-state index in [9.17, 15) is 18.0 Å². The summed E-state index contributed by atoms with van der Waals surface area (Å²) in [4.78, 5) is 12.5. The average molecular weight is 472 g/mol. The molecule has 0 saturated carbocycles. The minimum Gasteiger partial charge on any atom is -0.493 e. The Morgan fingerprint density at radius 2 is 1.50 bits per heavy atom. The molecular weight excluding hydrogens is 449 g/mol. The number of methoxy groups -OCH3 is 3. The summed E-state index contributed by atoms with van der Waals surface area (Å²) in [5.41, 5.74) is 0.751. The fourth-order valence-corrected chi connectivity index (χ4v) is 3.16. The van der Waals surface area contributed by atoms with Crippen LogP contribution in [0.1, 0.15) is 27.0 Å². The molecule has 0 unspecified atom stereocenters. The number of carbonyl (C=O) groups excluding carboxylic acids is 1. The molecular formula is C26H23F3O5. The second kappa shape index (κ2) is 10.8. The number of hydrogen-bond acceptors (Lipinski definition) is 5. The van der Waals surface area contributed by atoms with Crippen LogP contribution in [0, 0.1) is 0 Å². The van der Waals surface area contributed by atoms with Crippen molar-refractivity contribution < 1.29 is 36.9 Å². The highest BCUT2D eigenvalue weighted by Gasteiger charge is 2.30. The summed E-state index contributed by atoms with van der Waals surface area (Å²) in [6, 6.07) is 14.8. The largest absolute Gasteiger partial charge is 0.493 e. The summed E-state index contributed by atoms with van der Waals surface area (Å²) >= 11 is 0. The predicted octanol–water partition coefficient (Wildman–Crippen LogP) is 6.21. The van der Waals surface area contributed by atoms with Gasteiger partial charge in [0.25, 0.3) is 0 Å². The van der Waals surface area contributed by atoms with Gasteiger partial charge in [-0.05, 0) is 59.7 Å². The van der Waals surface area contributed by atoms with Crippen molar-refractivity contribution in [2.75, 3.05) is 21.3 Å². The molecule has 0 fully saturated rings. The first-order valence-electron chi connectivity index (χ1n) is 10.2. The third-order valence-electron chi connectivity index (χ3n) is 4.93. The van der Waals surface area contributed by atoms with Gasteiger partial charge in [-0.25, -0.2) is 0 Å². The Balaban J connectivity index is 1.71. The van der Waals surface area contributed by atoms with Crippen molar-refractivity contribution in [3.8, 4) is 23.0 Å². The molecule has 8 heteroatoms. The van der Waals surface area contributed by atoms with Crippen LogP contribution in [-0.2, 0) is 12.8 Å². The van der Waals surface area contributed by atoms with E-state index < -0.39 is 11.7 Å². The van der Waals surface area contributed by atoms with Crippen LogP contribution < -0.4 is 18.9 Å². The number of carbonyl (C=O) groups is 1. The molecule has 3 aromatic rings. The molecule has 34 heavy (non-hydrogen) atoms. The number of alkyl halides is 3. The lowest BCUT2D eigenvalue weighted by Crippen LogP contribution is -2.06. The Hall–Kier alpha value is -3.94. The molecule has 0 bridgehead atoms. The fourth-order valence-electron chi connectivity index (χ4n) is 3.16. The predicted molar refractivity (Wildman–Crippen MR) is 122 cm³/mol. The van der Waals surface area contributed by atoms with Crippen molar-refractivity contribution in [1.82, 2.24) is 0 Å². The van der Waals surface area contributed by atoms with Gasteiger partial charge in [-0.15, -0.1) is 0 Å². The molecule has 0 amide bonds. The van der Waals surface area contributed by atoms with Crippen molar-refractivity contribution in [1.29, 1.82) is 0 Å². The van der Waals surface area contributed by atoms with Gasteiger partial charge in [-0.3, -0.25) is 4.79 Å². The van der Waals surface area contributed by atoms with Crippen LogP contribution in [0.25, 0.3) is 6.08 Å². The highest BCUT2D eigenvalue weighted by molar-refractivity contribution is 6.07. The van der Waals surface area contributed by atoms with Gasteiger partial charge in [0, 0.05) is 5.56 Å². The monoisotopic (exact) mass is 472 g/mol. The summed E-state index contributed by atoms with van der Waals surface area (Å²) in [5, 5.41) is 0. The van der Waals surface area contributed by atoms with Gasteiger partial charge >= 0.3 is 6.18 Å². The van der Waals surface area contributed by atoms with Crippen LogP contribution in [0.15, 0.2) is 66.7 Å². The van der Waals surface area contributed by atoms with E-state index in [1.165, 1.54) is 33.5 Å². The molecule has 5 nitrogen and oxygen atoms in total. The maximum Gasteiger partial charge on any atom is 0.416 e. The van der Waals surface area contributed by atoms with Gasteiger partial charge in [0.1, 0.15) is 6.61 Å². The number of allylic oxidation sites excluding steroid dienone is 1. The quantitative estimate of drug-likeness (QED) is 0.274. The summed E-state index contributed by atoms with van der Waals surface area (Å²) in [7, 11) is 4.46. The van der Waals surface area contributed by atoms with E-state index >= 15 is 0 Å². The number of ether oxygens (including phenoxy) is 4. The Morgan fingerprint density at radius 1 is 0.824 bits per heavy atom. The zero-order valence-electron chi connectivity index (χ0n) is 18.8. The lowest BCUT2D eigenvalue weighted by Gasteiger charge is -2.13. The Morgan fingerprint density at radius 3 is 2.18 bits per heavy atom. The van der Waals surface area contributed by atoms with E-state index in [1.54, 1.807) is 48.5 Å². The van der Waals surface area contributed by atoms with E-state index in [-0.39, 0.29) is 12.4 Å². The molecule has 0 radical (unpaired) electrons. The lowest BCUT2D eigenvalue weighted by molar-refractivity contribution is -0.137. The summed E-state index contributed by atoms with van der Waals surface area (Å²) in [5.74, 6) is 1.49. The molecule has 0 N–H and O–H groups in total. The molecule has 0 aromatic heterocycles. The Kier molecular flexibility index (Phi) is 7.83. The van der Waals surface area contributed by atoms with Crippen molar-refractivity contribution in [3.05, 3.63) is 89.0 Å². The van der Waals surface area contributed by atoms with Gasteiger partial charge in [0.2, 0.25) is 0 Å². The van der Waals surface area contributed by atoms with Crippen LogP contribution in [0.3, 0.4) is 0 Å². The highest BCUT2D eigenvalue weighted by Crippen LogP contribution is 2.32. The SMILES string of the molecule is COc1ccc(C(=O)C=Cc2ccc(OCc3cccc(C(F)(F)F)c3)c(OC)c2)cc1OC. The molecule has 0 saturated heterocycles. The molecule has 0 aliphatic carbocycles. The molecule has 0 aliphatic heterocycles. The smallest absolute Gasteiger partial charge is 0.416 e. The Labute approximate surface area is 195 Å². The molecule has 3 aromatic carbocycles. The van der Waals surface area contributed by atoms with Gasteiger partial charge < -0.3 is 18.9 Å². The summed E-state index contributed by atoms with van der Waals surface area (Å²) in [6.07, 6.45) is -1.38. The first-order chi connectivity index (χ1) is 16.2. The number of benzene rings is 3. The van der Waals surface area contributed by atoms with E-state index in [4.69, 9.17) is 18.9 Å². The second-order valence-corrected chi connectivity index (χ2v) is 7.16. The van der Waals surface area contributed by atoms with E-state index in [1.807, 2.05) is 0 Å². The normalized spacial score (nSPS) is 11.4. The lowest BCUT2D eigenvalue weighted by atomic mass is 10.1. The van der Waals surface area contributed by atoms with Crippen LogP contribution in [-0.4, -0.2) is 27.1 Å². The third-order valence-corrected chi connectivity index (χ3v) is 4.93. The average Bonchev–Trinajstić information content (AvgIpc) is 2.85. The van der Waals surface area contributed by atoms with E-state index in [2.05, 4.69) is 0 Å². The van der Waals surface area contributed by atoms with Crippen LogP contribution in [0.2, 0.25) is 0 Å². The van der Waals surface area contributed by atoms with Crippen LogP contribution >= 0.6 is 0 Å². The van der Waals surface area contributed by atoms with E-state index in [0.29, 0.717) is 39.7 Å². The zero-order chi connectivity index (χ0) is 24.7. The molecule has 3 rings (SSSR count). The maximum absolute atomic E-state index is 12.9. The first kappa shape index (κ1) is 24.7. The standard InChI is InChI=1S/C26H23F3O5/c1-31-22-12-9-19(15-25(22)33-3)21(30)10-7-17-8-11-23(24(14-17)32-2)34-16-18-5-4-6-20(13-18)26(27,28)29/h4-15H,16H2,1-3H3. The van der Waals surface area contributed by atoms with Crippen molar-refractivity contribution in [2.45, 2.75) is 12.8 Å². The topological polar surface area (TPSA) is 54.0 Å². The molecule has 0 spiro atoms. The summed E-state index contributed by atoms with van der Waals surface area (Å²) in [6.45, 7) is -0.0622. The number of hydrogen-bond donors (Lipinski definition) is 0. The van der Waals surface area contributed by atoms with Crippen molar-refractivity contribution in [3.63, 3.8) is 0 Å². The van der Waals surface area contributed by atoms with Crippen molar-refractivity contribution in [2.24, 2.45) is 0 Å². The van der Waals surface area contributed by atoms with Gasteiger partial charge in [-0.1, -0.05) is 24.3 Å². The molecule has 0 aliphatic rings. The fraction of sp³-hybridized carbons (Fsp3) is 0.192. The first-order valence-corrected chi connectivity index (χ1v) is 10.2. The third kappa shape index (κ3) is 6.10. The van der Waals surface area contributed by atoms with Crippen molar-refractivity contribution >= 4 is 11.9 Å². The number of rotatable bonds is 9. The number of ketones is 1. The zero-order valence-corrected chi connectivity index (χ0v) is 18.8. The molecule has 178 valence electrons. The van der Waals surface area contributed by atoms with Crippen LogP contribution in [0.4, 0.5) is 13.2 Å². The van der Waals surface area contributed by atoms with Gasteiger partial charge in [0.05, 0.1) is 26.9 Å². The molecule has 0 heterocycles. The maximum atomic E-state index is 12.9. The second-order valence-electron chi connectivity index (χ2n) is 7.16. The minimum atomic E-state index is -4.42. The van der Waals surface area contributed by atoms with Gasteiger partial charge in [0.15, 0.2) is 28.8 Å². The highest BCUT2D eigenvalue weighted by atomic mass is 19.4.